The number of hydrogen-bond donors (Lipinski definition) is 1. The van der Waals surface area contributed by atoms with E-state index in [1.807, 2.05) is 13.1 Å². The van der Waals surface area contributed by atoms with Crippen LogP contribution < -0.4 is 5.32 Å². The minimum atomic E-state index is 0.398. The number of nitrogens with zero attached hydrogens (tertiary/aromatic N) is 2. The summed E-state index contributed by atoms with van der Waals surface area (Å²) in [6.07, 6.45) is 1.96. The summed E-state index contributed by atoms with van der Waals surface area (Å²) in [6, 6.07) is 11.0. The minimum Gasteiger partial charge on any atom is -0.310 e. The van der Waals surface area contributed by atoms with E-state index in [2.05, 4.69) is 59.6 Å². The van der Waals surface area contributed by atoms with Crippen LogP contribution in [0.3, 0.4) is 0 Å². The highest BCUT2D eigenvalue weighted by atomic mass is 32.1. The summed E-state index contributed by atoms with van der Waals surface area (Å²) >= 11 is 1.76. The molecule has 2 aromatic rings. The molecule has 0 aliphatic heterocycles. The van der Waals surface area contributed by atoms with Gasteiger partial charge in [-0.05, 0) is 26.6 Å². The van der Waals surface area contributed by atoms with E-state index >= 15 is 0 Å². The smallest absolute Gasteiger partial charge is 0.0897 e. The van der Waals surface area contributed by atoms with Crippen LogP contribution in [0.15, 0.2) is 36.5 Å². The summed E-state index contributed by atoms with van der Waals surface area (Å²) in [7, 11) is 4.24. The molecule has 0 amide bonds. The van der Waals surface area contributed by atoms with Crippen molar-refractivity contribution in [1.29, 1.82) is 0 Å². The van der Waals surface area contributed by atoms with Gasteiger partial charge in [0.2, 0.25) is 0 Å². The number of likely N-dealkylation sites (N-methyl/N-ethyl adjacent to an activating group) is 1. The van der Waals surface area contributed by atoms with Crippen LogP contribution in [0, 0.1) is 6.92 Å². The number of aromatic nitrogens is 1. The van der Waals surface area contributed by atoms with Gasteiger partial charge in [-0.15, -0.1) is 11.3 Å². The Labute approximate surface area is 119 Å². The molecule has 4 heteroatoms. The van der Waals surface area contributed by atoms with Gasteiger partial charge in [-0.1, -0.05) is 30.3 Å². The van der Waals surface area contributed by atoms with Crippen LogP contribution in [-0.4, -0.2) is 30.5 Å². The van der Waals surface area contributed by atoms with E-state index in [0.29, 0.717) is 6.04 Å². The maximum Gasteiger partial charge on any atom is 0.0897 e. The van der Waals surface area contributed by atoms with Gasteiger partial charge in [0.15, 0.2) is 0 Å². The van der Waals surface area contributed by atoms with Crippen molar-refractivity contribution in [1.82, 2.24) is 15.2 Å². The van der Waals surface area contributed by atoms with Gasteiger partial charge in [-0.25, -0.2) is 4.98 Å². The van der Waals surface area contributed by atoms with Gasteiger partial charge < -0.3 is 10.2 Å². The lowest BCUT2D eigenvalue weighted by molar-refractivity contribution is 0.288. The third-order valence-corrected chi connectivity index (χ3v) is 4.03. The first-order chi connectivity index (χ1) is 9.16. The largest absolute Gasteiger partial charge is 0.310 e. The van der Waals surface area contributed by atoms with Crippen molar-refractivity contribution in [3.63, 3.8) is 0 Å². The van der Waals surface area contributed by atoms with Gasteiger partial charge >= 0.3 is 0 Å². The van der Waals surface area contributed by atoms with Gasteiger partial charge in [-0.3, -0.25) is 0 Å². The van der Waals surface area contributed by atoms with Crippen LogP contribution in [-0.2, 0) is 6.54 Å². The van der Waals surface area contributed by atoms with E-state index in [-0.39, 0.29) is 0 Å². The molecule has 0 fully saturated rings. The summed E-state index contributed by atoms with van der Waals surface area (Å²) in [5.41, 5.74) is 1.35. The predicted molar refractivity (Wildman–Crippen MR) is 81.4 cm³/mol. The zero-order chi connectivity index (χ0) is 13.7. The zero-order valence-corrected chi connectivity index (χ0v) is 12.6. The third kappa shape index (κ3) is 4.13. The SMILES string of the molecule is Cc1ncc(CNCC(c2ccccc2)N(C)C)s1. The maximum absolute atomic E-state index is 4.28. The van der Waals surface area contributed by atoms with Crippen LogP contribution in [0.5, 0.6) is 0 Å². The first kappa shape index (κ1) is 14.2. The fourth-order valence-corrected chi connectivity index (χ4v) is 2.86. The Morgan fingerprint density at radius 2 is 2.00 bits per heavy atom. The normalized spacial score (nSPS) is 12.8. The molecular weight excluding hydrogens is 254 g/mol. The predicted octanol–water partition coefficient (Wildman–Crippen LogP) is 2.84. The van der Waals surface area contributed by atoms with Crippen molar-refractivity contribution in [3.05, 3.63) is 52.0 Å². The Hall–Kier alpha value is -1.23. The van der Waals surface area contributed by atoms with E-state index in [1.54, 1.807) is 11.3 Å². The van der Waals surface area contributed by atoms with E-state index in [1.165, 1.54) is 10.4 Å². The molecule has 0 saturated carbocycles. The van der Waals surface area contributed by atoms with Crippen LogP contribution in [0.25, 0.3) is 0 Å². The molecule has 2 rings (SSSR count). The third-order valence-electron chi connectivity index (χ3n) is 3.11. The summed E-state index contributed by atoms with van der Waals surface area (Å²) < 4.78 is 0. The Morgan fingerprint density at radius 1 is 1.26 bits per heavy atom. The molecule has 1 atom stereocenters. The monoisotopic (exact) mass is 275 g/mol. The summed E-state index contributed by atoms with van der Waals surface area (Å²) in [4.78, 5) is 7.82. The molecule has 102 valence electrons. The van der Waals surface area contributed by atoms with Gasteiger partial charge in [-0.2, -0.15) is 0 Å². The number of nitrogens with one attached hydrogen (secondary N) is 1. The summed E-state index contributed by atoms with van der Waals surface area (Å²) in [5.74, 6) is 0. The zero-order valence-electron chi connectivity index (χ0n) is 11.8. The van der Waals surface area contributed by atoms with Crippen LogP contribution >= 0.6 is 11.3 Å². The highest BCUT2D eigenvalue weighted by Crippen LogP contribution is 2.17. The van der Waals surface area contributed by atoms with Gasteiger partial charge in [0.1, 0.15) is 0 Å². The Bertz CT molecular complexity index is 493. The number of hydrogen-bond acceptors (Lipinski definition) is 4. The summed E-state index contributed by atoms with van der Waals surface area (Å²) in [6.45, 7) is 3.87. The maximum atomic E-state index is 4.28. The number of benzene rings is 1. The number of rotatable bonds is 6. The molecular formula is C15H21N3S. The van der Waals surface area contributed by atoms with Crippen LogP contribution in [0.4, 0.5) is 0 Å². The molecule has 1 heterocycles. The fraction of sp³-hybridized carbons (Fsp3) is 0.400. The molecule has 1 aromatic carbocycles. The van der Waals surface area contributed by atoms with E-state index in [9.17, 15) is 0 Å². The first-order valence-electron chi connectivity index (χ1n) is 6.50. The van der Waals surface area contributed by atoms with Gasteiger partial charge in [0.05, 0.1) is 5.01 Å². The molecule has 19 heavy (non-hydrogen) atoms. The van der Waals surface area contributed by atoms with Crippen LogP contribution in [0.2, 0.25) is 0 Å². The van der Waals surface area contributed by atoms with Gasteiger partial charge in [0, 0.05) is 30.2 Å². The highest BCUT2D eigenvalue weighted by molar-refractivity contribution is 7.11. The van der Waals surface area contributed by atoms with E-state index in [4.69, 9.17) is 0 Å². The van der Waals surface area contributed by atoms with Crippen molar-refractivity contribution in [2.75, 3.05) is 20.6 Å². The molecule has 3 nitrogen and oxygen atoms in total. The van der Waals surface area contributed by atoms with Crippen molar-refractivity contribution in [3.8, 4) is 0 Å². The Balaban J connectivity index is 1.91. The Morgan fingerprint density at radius 3 is 2.58 bits per heavy atom. The van der Waals surface area contributed by atoms with Crippen LogP contribution in [0.1, 0.15) is 21.5 Å². The van der Waals surface area contributed by atoms with Crippen molar-refractivity contribution in [2.45, 2.75) is 19.5 Å². The number of aryl methyl sites for hydroxylation is 1. The molecule has 0 bridgehead atoms. The van der Waals surface area contributed by atoms with E-state index < -0.39 is 0 Å². The standard InChI is InChI=1S/C15H21N3S/c1-12-17-10-14(19-12)9-16-11-15(18(2)3)13-7-5-4-6-8-13/h4-8,10,15-16H,9,11H2,1-3H3. The molecule has 1 unspecified atom stereocenters. The van der Waals surface area contributed by atoms with Crippen molar-refractivity contribution < 1.29 is 0 Å². The Kier molecular flexibility index (Phi) is 5.07. The average Bonchev–Trinajstić information content (AvgIpc) is 2.81. The lowest BCUT2D eigenvalue weighted by atomic mass is 10.1. The van der Waals surface area contributed by atoms with E-state index in [0.717, 1.165) is 18.1 Å². The van der Waals surface area contributed by atoms with Crippen molar-refractivity contribution in [2.24, 2.45) is 0 Å². The first-order valence-corrected chi connectivity index (χ1v) is 7.32. The second-order valence-corrected chi connectivity index (χ2v) is 6.19. The average molecular weight is 275 g/mol. The highest BCUT2D eigenvalue weighted by Gasteiger charge is 2.13. The lowest BCUT2D eigenvalue weighted by Gasteiger charge is -2.25. The second kappa shape index (κ2) is 6.80. The van der Waals surface area contributed by atoms with Crippen molar-refractivity contribution >= 4 is 11.3 Å². The fourth-order valence-electron chi connectivity index (χ4n) is 2.09. The summed E-state index contributed by atoms with van der Waals surface area (Å²) in [5, 5.41) is 4.65. The molecule has 0 aliphatic rings. The lowest BCUT2D eigenvalue weighted by Crippen LogP contribution is -2.30. The number of thiazole rings is 1. The molecule has 1 N–H and O–H groups in total. The topological polar surface area (TPSA) is 28.2 Å². The molecule has 0 saturated heterocycles. The second-order valence-electron chi connectivity index (χ2n) is 4.87. The molecule has 0 spiro atoms. The van der Waals surface area contributed by atoms with Gasteiger partial charge in [0.25, 0.3) is 0 Å². The molecule has 0 radical (unpaired) electrons. The molecule has 1 aromatic heterocycles. The quantitative estimate of drug-likeness (QED) is 0.878. The molecule has 0 aliphatic carbocycles. The minimum absolute atomic E-state index is 0.398.